The molecule has 0 bridgehead atoms. The van der Waals surface area contributed by atoms with E-state index in [0.717, 1.165) is 4.47 Å². The summed E-state index contributed by atoms with van der Waals surface area (Å²) in [6, 6.07) is 7.13. The van der Waals surface area contributed by atoms with Gasteiger partial charge in [0.15, 0.2) is 0 Å². The van der Waals surface area contributed by atoms with Gasteiger partial charge in [-0.2, -0.15) is 5.26 Å². The predicted octanol–water partition coefficient (Wildman–Crippen LogP) is 2.24. The highest BCUT2D eigenvalue weighted by atomic mass is 79.9. The Labute approximate surface area is 109 Å². The maximum absolute atomic E-state index is 11.9. The van der Waals surface area contributed by atoms with Gasteiger partial charge in [-0.3, -0.25) is 4.79 Å². The van der Waals surface area contributed by atoms with Crippen molar-refractivity contribution in [3.05, 3.63) is 28.2 Å². The second-order valence-electron chi connectivity index (χ2n) is 4.34. The molecule has 3 N–H and O–H groups in total. The van der Waals surface area contributed by atoms with Crippen molar-refractivity contribution in [3.8, 4) is 6.07 Å². The van der Waals surface area contributed by atoms with Gasteiger partial charge in [0.1, 0.15) is 6.07 Å². The average Bonchev–Trinajstić information content (AvgIpc) is 2.29. The molecule has 1 aromatic carbocycles. The average molecular weight is 296 g/mol. The summed E-state index contributed by atoms with van der Waals surface area (Å²) in [5.74, 6) is -0.199. The van der Waals surface area contributed by atoms with E-state index >= 15 is 0 Å². The number of halogens is 1. The van der Waals surface area contributed by atoms with Crippen LogP contribution in [-0.2, 0) is 4.79 Å². The zero-order valence-corrected chi connectivity index (χ0v) is 11.3. The number of anilines is 1. The molecule has 4 nitrogen and oxygen atoms in total. The lowest BCUT2D eigenvalue weighted by Crippen LogP contribution is -2.37. The molecular weight excluding hydrogens is 282 g/mol. The Morgan fingerprint density at radius 2 is 2.24 bits per heavy atom. The van der Waals surface area contributed by atoms with Crippen LogP contribution in [0.2, 0.25) is 0 Å². The van der Waals surface area contributed by atoms with Gasteiger partial charge >= 0.3 is 0 Å². The van der Waals surface area contributed by atoms with Crippen molar-refractivity contribution in [2.75, 3.05) is 11.9 Å². The van der Waals surface area contributed by atoms with E-state index in [-0.39, 0.29) is 12.5 Å². The molecule has 0 unspecified atom stereocenters. The van der Waals surface area contributed by atoms with Crippen molar-refractivity contribution in [1.82, 2.24) is 0 Å². The summed E-state index contributed by atoms with van der Waals surface area (Å²) in [6.07, 6.45) is 0. The first-order valence-electron chi connectivity index (χ1n) is 5.12. The van der Waals surface area contributed by atoms with Gasteiger partial charge in [-0.15, -0.1) is 0 Å². The van der Waals surface area contributed by atoms with Crippen LogP contribution in [0.4, 0.5) is 5.69 Å². The van der Waals surface area contributed by atoms with Crippen LogP contribution < -0.4 is 11.1 Å². The number of nitrogens with zero attached hydrogens (tertiary/aromatic N) is 1. The molecule has 90 valence electrons. The number of rotatable bonds is 3. The molecule has 0 aromatic heterocycles. The maximum atomic E-state index is 11.9. The number of amides is 1. The van der Waals surface area contributed by atoms with Crippen molar-refractivity contribution in [3.63, 3.8) is 0 Å². The van der Waals surface area contributed by atoms with Gasteiger partial charge in [-0.1, -0.05) is 15.9 Å². The lowest BCUT2D eigenvalue weighted by Gasteiger charge is -2.21. The van der Waals surface area contributed by atoms with E-state index < -0.39 is 5.41 Å². The standard InChI is InChI=1S/C12H14BrN3O/c1-12(2,7-15)11(17)16-10-5-9(13)4-3-8(10)6-14/h3-5H,7,15H2,1-2H3,(H,16,17). The number of nitrogens with one attached hydrogen (secondary N) is 1. The van der Waals surface area contributed by atoms with Crippen LogP contribution in [0.25, 0.3) is 0 Å². The zero-order chi connectivity index (χ0) is 13.1. The molecule has 0 aliphatic carbocycles. The highest BCUT2D eigenvalue weighted by molar-refractivity contribution is 9.10. The summed E-state index contributed by atoms with van der Waals surface area (Å²) in [6.45, 7) is 3.76. The maximum Gasteiger partial charge on any atom is 0.231 e. The number of carbonyl (C=O) groups excluding carboxylic acids is 1. The summed E-state index contributed by atoms with van der Waals surface area (Å²) in [5, 5.41) is 11.7. The minimum absolute atomic E-state index is 0.199. The van der Waals surface area contributed by atoms with E-state index in [1.165, 1.54) is 0 Å². The number of benzene rings is 1. The van der Waals surface area contributed by atoms with Crippen LogP contribution in [0.15, 0.2) is 22.7 Å². The first-order valence-corrected chi connectivity index (χ1v) is 5.91. The van der Waals surface area contributed by atoms with E-state index in [0.29, 0.717) is 11.3 Å². The van der Waals surface area contributed by atoms with Gasteiger partial charge in [0.05, 0.1) is 16.7 Å². The number of hydrogen-bond donors (Lipinski definition) is 2. The first kappa shape index (κ1) is 13.7. The van der Waals surface area contributed by atoms with Gasteiger partial charge in [-0.05, 0) is 32.0 Å². The Kier molecular flexibility index (Phi) is 4.27. The molecule has 0 saturated heterocycles. The van der Waals surface area contributed by atoms with Crippen LogP contribution in [0.5, 0.6) is 0 Å². The molecule has 5 heteroatoms. The Bertz CT molecular complexity index is 477. The first-order chi connectivity index (χ1) is 7.90. The molecule has 0 atom stereocenters. The van der Waals surface area contributed by atoms with E-state index in [4.69, 9.17) is 11.0 Å². The fourth-order valence-electron chi connectivity index (χ4n) is 1.10. The number of nitriles is 1. The Morgan fingerprint density at radius 1 is 1.59 bits per heavy atom. The third kappa shape index (κ3) is 3.29. The van der Waals surface area contributed by atoms with Crippen LogP contribution >= 0.6 is 15.9 Å². The van der Waals surface area contributed by atoms with E-state index in [1.54, 1.807) is 32.0 Å². The summed E-state index contributed by atoms with van der Waals surface area (Å²) < 4.78 is 0.803. The molecule has 17 heavy (non-hydrogen) atoms. The highest BCUT2D eigenvalue weighted by Gasteiger charge is 2.26. The van der Waals surface area contributed by atoms with Crippen molar-refractivity contribution < 1.29 is 4.79 Å². The molecule has 0 aliphatic heterocycles. The quantitative estimate of drug-likeness (QED) is 0.897. The van der Waals surface area contributed by atoms with E-state index in [2.05, 4.69) is 21.2 Å². The summed E-state index contributed by atoms with van der Waals surface area (Å²) in [5.41, 5.74) is 5.79. The third-order valence-corrected chi connectivity index (χ3v) is 2.97. The SMILES string of the molecule is CC(C)(CN)C(=O)Nc1cc(Br)ccc1C#N. The second kappa shape index (κ2) is 5.30. The highest BCUT2D eigenvalue weighted by Crippen LogP contribution is 2.23. The van der Waals surface area contributed by atoms with Crippen molar-refractivity contribution in [2.24, 2.45) is 11.1 Å². The smallest absolute Gasteiger partial charge is 0.231 e. The molecule has 1 aromatic rings. The second-order valence-corrected chi connectivity index (χ2v) is 5.26. The predicted molar refractivity (Wildman–Crippen MR) is 70.3 cm³/mol. The lowest BCUT2D eigenvalue weighted by atomic mass is 9.92. The zero-order valence-electron chi connectivity index (χ0n) is 9.75. The molecule has 0 saturated carbocycles. The summed E-state index contributed by atoms with van der Waals surface area (Å²) in [7, 11) is 0. The van der Waals surface area contributed by atoms with Gasteiger partial charge in [0.25, 0.3) is 0 Å². The number of hydrogen-bond acceptors (Lipinski definition) is 3. The Balaban J connectivity index is 3.00. The summed E-state index contributed by atoms with van der Waals surface area (Å²) >= 11 is 3.30. The molecule has 1 rings (SSSR count). The molecule has 1 amide bonds. The monoisotopic (exact) mass is 295 g/mol. The van der Waals surface area contributed by atoms with Crippen molar-refractivity contribution in [1.29, 1.82) is 5.26 Å². The van der Waals surface area contributed by atoms with Crippen molar-refractivity contribution in [2.45, 2.75) is 13.8 Å². The van der Waals surface area contributed by atoms with Crippen LogP contribution in [-0.4, -0.2) is 12.5 Å². The molecule has 0 heterocycles. The molecule has 0 spiro atoms. The van der Waals surface area contributed by atoms with Gasteiger partial charge in [-0.25, -0.2) is 0 Å². The minimum atomic E-state index is -0.658. The third-order valence-electron chi connectivity index (χ3n) is 2.48. The largest absolute Gasteiger partial charge is 0.329 e. The Hall–Kier alpha value is -1.38. The fourth-order valence-corrected chi connectivity index (χ4v) is 1.46. The minimum Gasteiger partial charge on any atom is -0.329 e. The van der Waals surface area contributed by atoms with Crippen LogP contribution in [0.3, 0.4) is 0 Å². The van der Waals surface area contributed by atoms with E-state index in [1.807, 2.05) is 6.07 Å². The van der Waals surface area contributed by atoms with Crippen LogP contribution in [0.1, 0.15) is 19.4 Å². The normalized spacial score (nSPS) is 10.8. The fraction of sp³-hybridized carbons (Fsp3) is 0.333. The lowest BCUT2D eigenvalue weighted by molar-refractivity contribution is -0.123. The van der Waals surface area contributed by atoms with Gasteiger partial charge in [0, 0.05) is 11.0 Å². The summed E-state index contributed by atoms with van der Waals surface area (Å²) in [4.78, 5) is 11.9. The van der Waals surface area contributed by atoms with Gasteiger partial charge in [0.2, 0.25) is 5.91 Å². The van der Waals surface area contributed by atoms with Crippen molar-refractivity contribution >= 4 is 27.5 Å². The van der Waals surface area contributed by atoms with Crippen LogP contribution in [0, 0.1) is 16.7 Å². The van der Waals surface area contributed by atoms with E-state index in [9.17, 15) is 4.79 Å². The molecule has 0 radical (unpaired) electrons. The molecule has 0 aliphatic rings. The number of carbonyl (C=O) groups is 1. The molecular formula is C12H14BrN3O. The Morgan fingerprint density at radius 3 is 2.76 bits per heavy atom. The molecule has 0 fully saturated rings. The number of nitrogens with two attached hydrogens (primary N) is 1. The topological polar surface area (TPSA) is 78.9 Å². The van der Waals surface area contributed by atoms with Gasteiger partial charge < -0.3 is 11.1 Å².